The molecule has 2 nitrogen and oxygen atoms in total. The quantitative estimate of drug-likeness (QED) is 0.711. The first kappa shape index (κ1) is 14.2. The number of hydrogen-bond donors (Lipinski definition) is 0. The Hall–Kier alpha value is -0.190. The van der Waals surface area contributed by atoms with Gasteiger partial charge < -0.3 is 4.90 Å². The summed E-state index contributed by atoms with van der Waals surface area (Å²) in [6.07, 6.45) is 3.65. The summed E-state index contributed by atoms with van der Waals surface area (Å²) >= 11 is 3.45. The van der Waals surface area contributed by atoms with Crippen molar-refractivity contribution in [1.29, 1.82) is 0 Å². The van der Waals surface area contributed by atoms with Crippen molar-refractivity contribution in [2.75, 3.05) is 11.9 Å². The predicted octanol–water partition coefficient (Wildman–Crippen LogP) is 3.59. The molecule has 0 aromatic rings. The van der Waals surface area contributed by atoms with E-state index in [4.69, 9.17) is 0 Å². The third-order valence-electron chi connectivity index (χ3n) is 4.15. The van der Waals surface area contributed by atoms with Crippen molar-refractivity contribution in [3.05, 3.63) is 0 Å². The highest BCUT2D eigenvalue weighted by molar-refractivity contribution is 9.09. The number of carbonyl (C=O) groups is 1. The Morgan fingerprint density at radius 1 is 1.22 bits per heavy atom. The molecule has 1 aliphatic heterocycles. The Labute approximate surface area is 115 Å². The van der Waals surface area contributed by atoms with Crippen molar-refractivity contribution in [2.24, 2.45) is 5.92 Å². The first-order chi connectivity index (χ1) is 8.53. The van der Waals surface area contributed by atoms with Crippen LogP contribution in [0.3, 0.4) is 0 Å². The minimum Gasteiger partial charge on any atom is -0.339 e. The lowest BCUT2D eigenvalue weighted by molar-refractivity contribution is -0.142. The van der Waals surface area contributed by atoms with Gasteiger partial charge >= 0.3 is 0 Å². The number of piperidine rings is 1. The van der Waals surface area contributed by atoms with E-state index in [0.29, 0.717) is 12.8 Å². The Balaban J connectivity index is 1.94. The van der Waals surface area contributed by atoms with Crippen molar-refractivity contribution < 1.29 is 13.6 Å². The van der Waals surface area contributed by atoms with Gasteiger partial charge in [-0.2, -0.15) is 0 Å². The molecule has 0 N–H and O–H groups in total. The molecule has 0 bridgehead atoms. The smallest absolute Gasteiger partial charge is 0.248 e. The van der Waals surface area contributed by atoms with Gasteiger partial charge in [-0.25, -0.2) is 8.78 Å². The van der Waals surface area contributed by atoms with Crippen molar-refractivity contribution in [1.82, 2.24) is 4.90 Å². The molecule has 104 valence electrons. The fourth-order valence-electron chi connectivity index (χ4n) is 2.97. The van der Waals surface area contributed by atoms with Gasteiger partial charge in [0.1, 0.15) is 0 Å². The van der Waals surface area contributed by atoms with E-state index >= 15 is 0 Å². The second-order valence-corrected chi connectivity index (χ2v) is 6.11. The average molecular weight is 324 g/mol. The highest BCUT2D eigenvalue weighted by Gasteiger charge is 2.39. The summed E-state index contributed by atoms with van der Waals surface area (Å²) in [7, 11) is 0. The van der Waals surface area contributed by atoms with Gasteiger partial charge in [0.2, 0.25) is 11.8 Å². The molecular weight excluding hydrogens is 304 g/mol. The fraction of sp³-hybridized carbons (Fsp3) is 0.923. The van der Waals surface area contributed by atoms with Crippen LogP contribution in [0, 0.1) is 5.92 Å². The second kappa shape index (κ2) is 5.85. The minimum absolute atomic E-state index is 0.106. The third kappa shape index (κ3) is 3.22. The highest BCUT2D eigenvalue weighted by atomic mass is 79.9. The molecule has 1 amide bonds. The van der Waals surface area contributed by atoms with E-state index in [1.54, 1.807) is 0 Å². The Morgan fingerprint density at radius 2 is 1.89 bits per heavy atom. The lowest BCUT2D eigenvalue weighted by Crippen LogP contribution is -2.48. The van der Waals surface area contributed by atoms with Gasteiger partial charge in [0, 0.05) is 36.7 Å². The molecule has 0 spiro atoms. The summed E-state index contributed by atoms with van der Waals surface area (Å²) in [5.41, 5.74) is 0. The van der Waals surface area contributed by atoms with Crippen molar-refractivity contribution in [2.45, 2.75) is 56.9 Å². The minimum atomic E-state index is -2.55. The summed E-state index contributed by atoms with van der Waals surface area (Å²) in [5, 5.41) is 0.793. The van der Waals surface area contributed by atoms with Gasteiger partial charge in [0.15, 0.2) is 0 Å². The molecule has 5 heteroatoms. The van der Waals surface area contributed by atoms with Crippen LogP contribution < -0.4 is 0 Å². The maximum absolute atomic E-state index is 13.1. The zero-order valence-electron chi connectivity index (χ0n) is 10.5. The van der Waals surface area contributed by atoms with E-state index < -0.39 is 5.92 Å². The Bertz CT molecular complexity index is 301. The number of nitrogens with zero attached hydrogens (tertiary/aromatic N) is 1. The summed E-state index contributed by atoms with van der Waals surface area (Å²) in [4.78, 5) is 14.3. The first-order valence-electron chi connectivity index (χ1n) is 6.78. The van der Waals surface area contributed by atoms with Crippen LogP contribution in [-0.2, 0) is 4.79 Å². The second-order valence-electron chi connectivity index (χ2n) is 5.47. The van der Waals surface area contributed by atoms with Crippen LogP contribution in [0.5, 0.6) is 0 Å². The number of carbonyl (C=O) groups excluding carboxylic acids is 1. The van der Waals surface area contributed by atoms with E-state index in [9.17, 15) is 13.6 Å². The third-order valence-corrected chi connectivity index (χ3v) is 4.90. The Morgan fingerprint density at radius 3 is 2.50 bits per heavy atom. The van der Waals surface area contributed by atoms with Crippen molar-refractivity contribution in [3.8, 4) is 0 Å². The van der Waals surface area contributed by atoms with Crippen LogP contribution in [0.25, 0.3) is 0 Å². The van der Waals surface area contributed by atoms with E-state index in [-0.39, 0.29) is 30.7 Å². The molecule has 1 saturated carbocycles. The normalized spacial score (nSPS) is 29.3. The number of halogens is 3. The van der Waals surface area contributed by atoms with E-state index in [2.05, 4.69) is 15.9 Å². The molecule has 2 aliphatic rings. The zero-order chi connectivity index (χ0) is 13.2. The topological polar surface area (TPSA) is 20.3 Å². The monoisotopic (exact) mass is 323 g/mol. The SMILES string of the molecule is O=C(C1CCC(F)(F)CC1)N1CCCCC1CBr. The Kier molecular flexibility index (Phi) is 4.62. The molecule has 0 aromatic carbocycles. The number of amides is 1. The molecule has 2 fully saturated rings. The van der Waals surface area contributed by atoms with Crippen LogP contribution in [0.1, 0.15) is 44.9 Å². The van der Waals surface area contributed by atoms with Crippen LogP contribution in [0.15, 0.2) is 0 Å². The van der Waals surface area contributed by atoms with E-state index in [1.165, 1.54) is 0 Å². The summed E-state index contributed by atoms with van der Waals surface area (Å²) in [5.74, 6) is -2.62. The first-order valence-corrected chi connectivity index (χ1v) is 7.90. The summed E-state index contributed by atoms with van der Waals surface area (Å²) in [6.45, 7) is 0.794. The predicted molar refractivity (Wildman–Crippen MR) is 70.1 cm³/mol. The highest BCUT2D eigenvalue weighted by Crippen LogP contribution is 2.37. The molecule has 0 aromatic heterocycles. The van der Waals surface area contributed by atoms with Gasteiger partial charge in [-0.15, -0.1) is 0 Å². The molecule has 0 radical (unpaired) electrons. The molecule has 18 heavy (non-hydrogen) atoms. The lowest BCUT2D eigenvalue weighted by Gasteiger charge is -2.38. The van der Waals surface area contributed by atoms with Gasteiger partial charge in [0.25, 0.3) is 0 Å². The molecule has 1 aliphatic carbocycles. The van der Waals surface area contributed by atoms with Gasteiger partial charge in [-0.1, -0.05) is 15.9 Å². The van der Waals surface area contributed by atoms with Crippen LogP contribution in [0.4, 0.5) is 8.78 Å². The lowest BCUT2D eigenvalue weighted by atomic mass is 9.85. The molecule has 1 unspecified atom stereocenters. The maximum atomic E-state index is 13.1. The average Bonchev–Trinajstić information content (AvgIpc) is 2.38. The molecular formula is C13H20BrF2NO. The van der Waals surface area contributed by atoms with Crippen LogP contribution >= 0.6 is 15.9 Å². The molecule has 1 atom stereocenters. The summed E-state index contributed by atoms with van der Waals surface area (Å²) < 4.78 is 26.2. The summed E-state index contributed by atoms with van der Waals surface area (Å²) in [6, 6.07) is 0.258. The standard InChI is InChI=1S/C13H20BrF2NO/c14-9-11-3-1-2-8-17(11)12(18)10-4-6-13(15,16)7-5-10/h10-11H,1-9H2. The van der Waals surface area contributed by atoms with Crippen molar-refractivity contribution >= 4 is 21.8 Å². The molecule has 1 heterocycles. The van der Waals surface area contributed by atoms with Crippen LogP contribution in [-0.4, -0.2) is 34.6 Å². The van der Waals surface area contributed by atoms with Crippen LogP contribution in [0.2, 0.25) is 0 Å². The van der Waals surface area contributed by atoms with Gasteiger partial charge in [-0.05, 0) is 32.1 Å². The van der Waals surface area contributed by atoms with Crippen molar-refractivity contribution in [3.63, 3.8) is 0 Å². The fourth-order valence-corrected chi connectivity index (χ4v) is 3.65. The largest absolute Gasteiger partial charge is 0.339 e. The van der Waals surface area contributed by atoms with E-state index in [1.807, 2.05) is 4.90 Å². The molecule has 2 rings (SSSR count). The van der Waals surface area contributed by atoms with Gasteiger partial charge in [-0.3, -0.25) is 4.79 Å². The number of alkyl halides is 3. The number of likely N-dealkylation sites (tertiary alicyclic amines) is 1. The zero-order valence-corrected chi connectivity index (χ0v) is 12.1. The maximum Gasteiger partial charge on any atom is 0.248 e. The number of hydrogen-bond acceptors (Lipinski definition) is 1. The van der Waals surface area contributed by atoms with E-state index in [0.717, 1.165) is 31.1 Å². The number of rotatable bonds is 2. The molecule has 1 saturated heterocycles. The van der Waals surface area contributed by atoms with Gasteiger partial charge in [0.05, 0.1) is 0 Å².